The predicted octanol–water partition coefficient (Wildman–Crippen LogP) is 3.07. The lowest BCUT2D eigenvalue weighted by Gasteiger charge is -2.18. The first kappa shape index (κ1) is 20.8. The molecule has 0 saturated carbocycles. The van der Waals surface area contributed by atoms with Crippen LogP contribution >= 0.6 is 11.6 Å². The molecule has 8 heteroatoms. The number of nitrogens with one attached hydrogen (secondary N) is 1. The van der Waals surface area contributed by atoms with Gasteiger partial charge in [-0.25, -0.2) is 13.1 Å². The highest BCUT2D eigenvalue weighted by Crippen LogP contribution is 2.16. The van der Waals surface area contributed by atoms with Crippen LogP contribution in [0, 0.1) is 0 Å². The van der Waals surface area contributed by atoms with E-state index in [0.717, 1.165) is 18.4 Å². The third kappa shape index (κ3) is 5.32. The largest absolute Gasteiger partial charge is 0.377 e. The van der Waals surface area contributed by atoms with Gasteiger partial charge in [0, 0.05) is 37.3 Å². The number of carbonyl (C=O) groups excluding carboxylic acids is 1. The molecular formula is C20H23ClN2O4S. The third-order valence-electron chi connectivity index (χ3n) is 4.62. The zero-order chi connectivity index (χ0) is 20.1. The summed E-state index contributed by atoms with van der Waals surface area (Å²) in [4.78, 5) is 14.3. The summed E-state index contributed by atoms with van der Waals surface area (Å²) in [6, 6.07) is 13.2. The quantitative estimate of drug-likeness (QED) is 0.744. The average molecular weight is 423 g/mol. The van der Waals surface area contributed by atoms with Gasteiger partial charge in [0.1, 0.15) is 0 Å². The lowest BCUT2D eigenvalue weighted by Crippen LogP contribution is -2.32. The van der Waals surface area contributed by atoms with Gasteiger partial charge in [0.15, 0.2) is 0 Å². The number of carbonyl (C=O) groups is 1. The van der Waals surface area contributed by atoms with Crippen LogP contribution in [0.3, 0.4) is 0 Å². The Hall–Kier alpha value is -1.93. The smallest absolute Gasteiger partial charge is 0.253 e. The second-order valence-corrected chi connectivity index (χ2v) is 9.00. The van der Waals surface area contributed by atoms with Gasteiger partial charge in [-0.2, -0.15) is 0 Å². The molecule has 2 aromatic carbocycles. The van der Waals surface area contributed by atoms with Crippen LogP contribution in [-0.2, 0) is 21.3 Å². The lowest BCUT2D eigenvalue weighted by molar-refractivity contribution is 0.0785. The fourth-order valence-corrected chi connectivity index (χ4v) is 4.22. The molecule has 1 N–H and O–H groups in total. The fourth-order valence-electron chi connectivity index (χ4n) is 3.02. The second-order valence-electron chi connectivity index (χ2n) is 6.80. The molecule has 0 radical (unpaired) electrons. The fraction of sp³-hybridized carbons (Fsp3) is 0.350. The molecule has 1 saturated heterocycles. The van der Waals surface area contributed by atoms with Crippen molar-refractivity contribution < 1.29 is 17.9 Å². The van der Waals surface area contributed by atoms with Crippen LogP contribution in [0.25, 0.3) is 0 Å². The summed E-state index contributed by atoms with van der Waals surface area (Å²) in [5, 5.41) is 0.641. The summed E-state index contributed by atoms with van der Waals surface area (Å²) < 4.78 is 32.8. The maximum Gasteiger partial charge on any atom is 0.253 e. The zero-order valence-corrected chi connectivity index (χ0v) is 17.2. The van der Waals surface area contributed by atoms with Crippen molar-refractivity contribution in [1.82, 2.24) is 9.62 Å². The van der Waals surface area contributed by atoms with Gasteiger partial charge in [-0.15, -0.1) is 0 Å². The van der Waals surface area contributed by atoms with Crippen LogP contribution in [0.15, 0.2) is 53.4 Å². The Kier molecular flexibility index (Phi) is 6.72. The molecule has 1 atom stereocenters. The number of hydrogen-bond acceptors (Lipinski definition) is 4. The molecule has 6 nitrogen and oxygen atoms in total. The molecule has 1 unspecified atom stereocenters. The number of amides is 1. The Bertz CT molecular complexity index is 908. The summed E-state index contributed by atoms with van der Waals surface area (Å²) in [6.45, 7) is 1.36. The van der Waals surface area contributed by atoms with Gasteiger partial charge >= 0.3 is 0 Å². The highest BCUT2D eigenvalue weighted by atomic mass is 35.5. The summed E-state index contributed by atoms with van der Waals surface area (Å²) in [7, 11) is -1.93. The molecule has 0 aliphatic carbocycles. The van der Waals surface area contributed by atoms with Crippen LogP contribution in [0.4, 0.5) is 0 Å². The van der Waals surface area contributed by atoms with E-state index >= 15 is 0 Å². The van der Waals surface area contributed by atoms with Crippen molar-refractivity contribution in [2.75, 3.05) is 20.2 Å². The van der Waals surface area contributed by atoms with E-state index in [1.54, 1.807) is 24.1 Å². The van der Waals surface area contributed by atoms with Crippen LogP contribution in [0.2, 0.25) is 5.02 Å². The summed E-state index contributed by atoms with van der Waals surface area (Å²) in [5.41, 5.74) is 1.38. The van der Waals surface area contributed by atoms with E-state index in [4.69, 9.17) is 16.3 Å². The zero-order valence-electron chi connectivity index (χ0n) is 15.6. The number of rotatable bonds is 7. The maximum atomic E-state index is 12.6. The molecule has 1 aliphatic heterocycles. The van der Waals surface area contributed by atoms with Gasteiger partial charge in [0.2, 0.25) is 10.0 Å². The Morgan fingerprint density at radius 1 is 1.18 bits per heavy atom. The average Bonchev–Trinajstić information content (AvgIpc) is 3.21. The Morgan fingerprint density at radius 3 is 2.46 bits per heavy atom. The van der Waals surface area contributed by atoms with E-state index in [2.05, 4.69) is 4.72 Å². The lowest BCUT2D eigenvalue weighted by atomic mass is 10.1. The van der Waals surface area contributed by atoms with Crippen molar-refractivity contribution in [1.29, 1.82) is 0 Å². The Morgan fingerprint density at radius 2 is 1.86 bits per heavy atom. The molecule has 0 spiro atoms. The molecule has 1 aliphatic rings. The number of sulfonamides is 1. The van der Waals surface area contributed by atoms with Gasteiger partial charge in [-0.1, -0.05) is 23.7 Å². The molecule has 28 heavy (non-hydrogen) atoms. The van der Waals surface area contributed by atoms with E-state index in [1.165, 1.54) is 24.3 Å². The topological polar surface area (TPSA) is 75.7 Å². The molecule has 1 amide bonds. The first-order valence-corrected chi connectivity index (χ1v) is 10.9. The van der Waals surface area contributed by atoms with E-state index in [1.807, 2.05) is 12.1 Å². The minimum absolute atomic E-state index is 0.0721. The molecular weight excluding hydrogens is 400 g/mol. The normalized spacial score (nSPS) is 16.9. The van der Waals surface area contributed by atoms with Crippen molar-refractivity contribution in [3.8, 4) is 0 Å². The Labute approximate surface area is 170 Å². The van der Waals surface area contributed by atoms with Gasteiger partial charge in [0.05, 0.1) is 11.0 Å². The second kappa shape index (κ2) is 9.05. The third-order valence-corrected chi connectivity index (χ3v) is 6.31. The summed E-state index contributed by atoms with van der Waals surface area (Å²) >= 11 is 5.88. The highest BCUT2D eigenvalue weighted by molar-refractivity contribution is 7.89. The molecule has 2 aromatic rings. The minimum Gasteiger partial charge on any atom is -0.377 e. The van der Waals surface area contributed by atoms with E-state index in [0.29, 0.717) is 23.7 Å². The number of nitrogens with zero attached hydrogens (tertiary/aromatic N) is 1. The molecule has 1 heterocycles. The van der Waals surface area contributed by atoms with E-state index in [-0.39, 0.29) is 23.5 Å². The summed E-state index contributed by atoms with van der Waals surface area (Å²) in [6.07, 6.45) is 1.74. The number of ether oxygens (including phenoxy) is 1. The van der Waals surface area contributed by atoms with Crippen molar-refractivity contribution in [2.45, 2.75) is 30.4 Å². The first-order valence-electron chi connectivity index (χ1n) is 9.06. The van der Waals surface area contributed by atoms with Gasteiger partial charge in [-0.05, 0) is 54.8 Å². The Balaban J connectivity index is 1.62. The monoisotopic (exact) mass is 422 g/mol. The van der Waals surface area contributed by atoms with Crippen LogP contribution in [0.1, 0.15) is 28.8 Å². The van der Waals surface area contributed by atoms with Crippen LogP contribution < -0.4 is 4.72 Å². The van der Waals surface area contributed by atoms with E-state index in [9.17, 15) is 13.2 Å². The SMILES string of the molecule is CN(Cc1ccc(Cl)cc1)C(=O)c1ccc(S(=O)(=O)NCC2CCCO2)cc1. The molecule has 0 aromatic heterocycles. The van der Waals surface area contributed by atoms with Crippen molar-refractivity contribution in [2.24, 2.45) is 0 Å². The highest BCUT2D eigenvalue weighted by Gasteiger charge is 2.21. The molecule has 0 bridgehead atoms. The molecule has 1 fully saturated rings. The van der Waals surface area contributed by atoms with Gasteiger partial charge < -0.3 is 9.64 Å². The summed E-state index contributed by atoms with van der Waals surface area (Å²) in [5.74, 6) is -0.189. The van der Waals surface area contributed by atoms with Gasteiger partial charge in [-0.3, -0.25) is 4.79 Å². The van der Waals surface area contributed by atoms with Crippen LogP contribution in [-0.4, -0.2) is 45.5 Å². The number of halogens is 1. The maximum absolute atomic E-state index is 12.6. The van der Waals surface area contributed by atoms with E-state index < -0.39 is 10.0 Å². The van der Waals surface area contributed by atoms with Crippen molar-refractivity contribution >= 4 is 27.5 Å². The van der Waals surface area contributed by atoms with Crippen LogP contribution in [0.5, 0.6) is 0 Å². The standard InChI is InChI=1S/C20H23ClN2O4S/c1-23(14-15-4-8-17(21)9-5-15)20(24)16-6-10-19(11-7-16)28(25,26)22-13-18-3-2-12-27-18/h4-11,18,22H,2-3,12-14H2,1H3. The minimum atomic E-state index is -3.63. The van der Waals surface area contributed by atoms with Crippen molar-refractivity contribution in [3.63, 3.8) is 0 Å². The van der Waals surface area contributed by atoms with Crippen molar-refractivity contribution in [3.05, 3.63) is 64.7 Å². The van der Waals surface area contributed by atoms with Gasteiger partial charge in [0.25, 0.3) is 5.91 Å². The first-order chi connectivity index (χ1) is 13.3. The molecule has 150 valence electrons. The molecule has 3 rings (SSSR count). The number of benzene rings is 2. The number of hydrogen-bond donors (Lipinski definition) is 1. The predicted molar refractivity (Wildman–Crippen MR) is 108 cm³/mol.